The van der Waals surface area contributed by atoms with Gasteiger partial charge in [-0.3, -0.25) is 4.79 Å². The third-order valence-corrected chi connectivity index (χ3v) is 4.69. The summed E-state index contributed by atoms with van der Waals surface area (Å²) in [5.74, 6) is 1.20. The molecule has 3 nitrogen and oxygen atoms in total. The first-order valence-electron chi connectivity index (χ1n) is 7.71. The number of hydrogen-bond acceptors (Lipinski definition) is 3. The number of nitrogens with one attached hydrogen (secondary N) is 1. The lowest BCUT2D eigenvalue weighted by molar-refractivity contribution is -0.115. The Morgan fingerprint density at radius 2 is 1.70 bits per heavy atom. The van der Waals surface area contributed by atoms with Crippen LogP contribution in [0.1, 0.15) is 32.3 Å². The quantitative estimate of drug-likeness (QED) is 0.763. The van der Waals surface area contributed by atoms with Crippen LogP contribution in [0.25, 0.3) is 0 Å². The summed E-state index contributed by atoms with van der Waals surface area (Å²) >= 11 is 1.54. The number of carbonyl (C=O) groups excluding carboxylic acids is 1. The van der Waals surface area contributed by atoms with Crippen molar-refractivity contribution >= 4 is 23.4 Å². The van der Waals surface area contributed by atoms with Gasteiger partial charge in [-0.2, -0.15) is 0 Å². The maximum atomic E-state index is 12.5. The topological polar surface area (TPSA) is 38.3 Å². The fraction of sp³-hybridized carbons (Fsp3) is 0.316. The van der Waals surface area contributed by atoms with E-state index in [4.69, 9.17) is 4.74 Å². The summed E-state index contributed by atoms with van der Waals surface area (Å²) in [7, 11) is 1.64. The molecule has 122 valence electrons. The maximum absolute atomic E-state index is 12.5. The van der Waals surface area contributed by atoms with Gasteiger partial charge in [0, 0.05) is 10.6 Å². The Balaban J connectivity index is 2.02. The highest BCUT2D eigenvalue weighted by molar-refractivity contribution is 8.00. The van der Waals surface area contributed by atoms with Crippen molar-refractivity contribution in [3.8, 4) is 5.75 Å². The van der Waals surface area contributed by atoms with Gasteiger partial charge in [0.1, 0.15) is 5.75 Å². The molecule has 0 aromatic heterocycles. The van der Waals surface area contributed by atoms with Crippen molar-refractivity contribution in [3.63, 3.8) is 0 Å². The lowest BCUT2D eigenvalue weighted by Crippen LogP contribution is -2.23. The highest BCUT2D eigenvalue weighted by Gasteiger charge is 2.16. The Morgan fingerprint density at radius 3 is 2.30 bits per heavy atom. The molecular weight excluding hydrogens is 306 g/mol. The Labute approximate surface area is 142 Å². The molecule has 2 aromatic rings. The molecule has 0 bridgehead atoms. The minimum absolute atomic E-state index is 0.0129. The first-order valence-corrected chi connectivity index (χ1v) is 8.59. The largest absolute Gasteiger partial charge is 0.497 e. The molecular formula is C19H23NO2S. The highest BCUT2D eigenvalue weighted by atomic mass is 32.2. The standard InChI is InChI=1S/C19H23NO2S/c1-13(2)17-7-5-6-8-18(17)20-19(21)14(3)23-16-11-9-15(22-4)10-12-16/h5-14H,1-4H3,(H,20,21)/t14-/m1/s1. The molecule has 0 spiro atoms. The van der Waals surface area contributed by atoms with Gasteiger partial charge in [0.05, 0.1) is 12.4 Å². The Morgan fingerprint density at radius 1 is 1.04 bits per heavy atom. The summed E-state index contributed by atoms with van der Waals surface area (Å²) in [6.07, 6.45) is 0. The molecule has 0 radical (unpaired) electrons. The number of para-hydroxylation sites is 1. The van der Waals surface area contributed by atoms with Gasteiger partial charge in [-0.1, -0.05) is 32.0 Å². The number of benzene rings is 2. The van der Waals surface area contributed by atoms with Gasteiger partial charge in [-0.15, -0.1) is 11.8 Å². The fourth-order valence-corrected chi connectivity index (χ4v) is 3.13. The van der Waals surface area contributed by atoms with Gasteiger partial charge < -0.3 is 10.1 Å². The molecule has 23 heavy (non-hydrogen) atoms. The van der Waals surface area contributed by atoms with Crippen LogP contribution in [0.15, 0.2) is 53.4 Å². The normalized spacial score (nSPS) is 12.0. The number of amides is 1. The van der Waals surface area contributed by atoms with Crippen LogP contribution in [0.4, 0.5) is 5.69 Å². The van der Waals surface area contributed by atoms with E-state index in [2.05, 4.69) is 25.2 Å². The summed E-state index contributed by atoms with van der Waals surface area (Å²) < 4.78 is 5.15. The molecule has 0 saturated heterocycles. The molecule has 0 aliphatic rings. The average Bonchev–Trinajstić information content (AvgIpc) is 2.55. The van der Waals surface area contributed by atoms with Crippen molar-refractivity contribution in [3.05, 3.63) is 54.1 Å². The molecule has 0 aliphatic carbocycles. The van der Waals surface area contributed by atoms with Crippen molar-refractivity contribution in [1.29, 1.82) is 0 Å². The van der Waals surface area contributed by atoms with Crippen LogP contribution in [-0.2, 0) is 4.79 Å². The molecule has 2 aromatic carbocycles. The monoisotopic (exact) mass is 329 g/mol. The number of methoxy groups -OCH3 is 1. The van der Waals surface area contributed by atoms with Crippen molar-refractivity contribution in [1.82, 2.24) is 0 Å². The van der Waals surface area contributed by atoms with E-state index in [1.54, 1.807) is 7.11 Å². The van der Waals surface area contributed by atoms with E-state index in [0.717, 1.165) is 21.9 Å². The number of hydrogen-bond donors (Lipinski definition) is 1. The van der Waals surface area contributed by atoms with Crippen molar-refractivity contribution < 1.29 is 9.53 Å². The predicted molar refractivity (Wildman–Crippen MR) is 97.5 cm³/mol. The van der Waals surface area contributed by atoms with Gasteiger partial charge >= 0.3 is 0 Å². The fourth-order valence-electron chi connectivity index (χ4n) is 2.26. The van der Waals surface area contributed by atoms with Gasteiger partial charge in [0.15, 0.2) is 0 Å². The SMILES string of the molecule is COc1ccc(S[C@H](C)C(=O)Nc2ccccc2C(C)C)cc1. The third kappa shape index (κ3) is 4.76. The number of rotatable bonds is 6. The van der Waals surface area contributed by atoms with E-state index in [1.165, 1.54) is 11.8 Å². The average molecular weight is 329 g/mol. The smallest absolute Gasteiger partial charge is 0.237 e. The molecule has 4 heteroatoms. The second kappa shape index (κ2) is 8.06. The van der Waals surface area contributed by atoms with E-state index in [-0.39, 0.29) is 11.2 Å². The minimum Gasteiger partial charge on any atom is -0.497 e. The van der Waals surface area contributed by atoms with Gasteiger partial charge in [0.25, 0.3) is 0 Å². The number of anilines is 1. The molecule has 0 fully saturated rings. The number of carbonyl (C=O) groups is 1. The zero-order valence-corrected chi connectivity index (χ0v) is 14.8. The summed E-state index contributed by atoms with van der Waals surface area (Å²) in [6, 6.07) is 15.7. The third-order valence-electron chi connectivity index (χ3n) is 3.58. The summed E-state index contributed by atoms with van der Waals surface area (Å²) in [5.41, 5.74) is 2.05. The molecule has 0 aliphatic heterocycles. The summed E-state index contributed by atoms with van der Waals surface area (Å²) in [4.78, 5) is 13.5. The number of ether oxygens (including phenoxy) is 1. The highest BCUT2D eigenvalue weighted by Crippen LogP contribution is 2.28. The van der Waals surface area contributed by atoms with Crippen LogP contribution in [0, 0.1) is 0 Å². The molecule has 1 amide bonds. The van der Waals surface area contributed by atoms with Crippen LogP contribution in [-0.4, -0.2) is 18.3 Å². The first kappa shape index (κ1) is 17.4. The lowest BCUT2D eigenvalue weighted by atomic mass is 10.0. The van der Waals surface area contributed by atoms with Gasteiger partial charge in [0.2, 0.25) is 5.91 Å². The number of thioether (sulfide) groups is 1. The van der Waals surface area contributed by atoms with Crippen molar-refractivity contribution in [2.75, 3.05) is 12.4 Å². The van der Waals surface area contributed by atoms with E-state index >= 15 is 0 Å². The molecule has 1 N–H and O–H groups in total. The predicted octanol–water partition coefficient (Wildman–Crippen LogP) is 4.94. The molecule has 2 rings (SSSR count). The van der Waals surface area contributed by atoms with Crippen LogP contribution >= 0.6 is 11.8 Å². The second-order valence-corrected chi connectivity index (χ2v) is 7.08. The minimum atomic E-state index is -0.177. The van der Waals surface area contributed by atoms with E-state index in [0.29, 0.717) is 5.92 Å². The van der Waals surface area contributed by atoms with Crippen LogP contribution in [0.5, 0.6) is 5.75 Å². The maximum Gasteiger partial charge on any atom is 0.237 e. The van der Waals surface area contributed by atoms with Gasteiger partial charge in [-0.05, 0) is 48.7 Å². The van der Waals surface area contributed by atoms with E-state index < -0.39 is 0 Å². The summed E-state index contributed by atoms with van der Waals surface area (Å²) in [6.45, 7) is 6.17. The molecule has 0 unspecified atom stereocenters. The second-order valence-electron chi connectivity index (χ2n) is 5.67. The van der Waals surface area contributed by atoms with Gasteiger partial charge in [-0.25, -0.2) is 0 Å². The molecule has 1 atom stereocenters. The Bertz CT molecular complexity index is 653. The van der Waals surface area contributed by atoms with Crippen LogP contribution in [0.3, 0.4) is 0 Å². The zero-order chi connectivity index (χ0) is 16.8. The van der Waals surface area contributed by atoms with Crippen LogP contribution in [0.2, 0.25) is 0 Å². The summed E-state index contributed by atoms with van der Waals surface area (Å²) in [5, 5.41) is 2.87. The Kier molecular flexibility index (Phi) is 6.11. The van der Waals surface area contributed by atoms with E-state index in [9.17, 15) is 4.79 Å². The van der Waals surface area contributed by atoms with Crippen molar-refractivity contribution in [2.45, 2.75) is 36.8 Å². The zero-order valence-electron chi connectivity index (χ0n) is 14.0. The molecule has 0 saturated carbocycles. The Hall–Kier alpha value is -1.94. The lowest BCUT2D eigenvalue weighted by Gasteiger charge is -2.16. The first-order chi connectivity index (χ1) is 11.0. The molecule has 0 heterocycles. The van der Waals surface area contributed by atoms with E-state index in [1.807, 2.05) is 49.4 Å². The van der Waals surface area contributed by atoms with Crippen molar-refractivity contribution in [2.24, 2.45) is 0 Å². The van der Waals surface area contributed by atoms with Crippen LogP contribution < -0.4 is 10.1 Å².